The smallest absolute Gasteiger partial charge is 0.330 e. The second kappa shape index (κ2) is 7.22. The summed E-state index contributed by atoms with van der Waals surface area (Å²) in [5.41, 5.74) is 0.789. The molecule has 100 valence electrons. The highest BCUT2D eigenvalue weighted by Crippen LogP contribution is 2.20. The number of hydrogen-bond acceptors (Lipinski definition) is 3. The first kappa shape index (κ1) is 14.8. The molecule has 0 saturated carbocycles. The average Bonchev–Trinajstić information content (AvgIpc) is 2.39. The molecular formula is C15H17NO3. The molecule has 1 N–H and O–H groups in total. The third kappa shape index (κ3) is 4.14. The normalized spacial score (nSPS) is 12.9. The van der Waals surface area contributed by atoms with E-state index in [1.807, 2.05) is 30.3 Å². The lowest BCUT2D eigenvalue weighted by molar-refractivity contribution is -0.147. The molecule has 0 unspecified atom stereocenters. The molecule has 19 heavy (non-hydrogen) atoms. The maximum Gasteiger partial charge on any atom is 0.330 e. The first-order valence-electron chi connectivity index (χ1n) is 6.05. The molecule has 0 radical (unpaired) electrons. The Labute approximate surface area is 113 Å². The number of carbonyl (C=O) groups is 2. The Kier molecular flexibility index (Phi) is 5.62. The Balaban J connectivity index is 3.03. The number of rotatable bonds is 5. The third-order valence-corrected chi connectivity index (χ3v) is 2.57. The minimum absolute atomic E-state index is 0.237. The van der Waals surface area contributed by atoms with Gasteiger partial charge in [-0.15, -0.1) is 6.42 Å². The molecule has 1 aromatic rings. The first-order valence-corrected chi connectivity index (χ1v) is 6.05. The van der Waals surface area contributed by atoms with E-state index in [2.05, 4.69) is 11.2 Å². The van der Waals surface area contributed by atoms with Gasteiger partial charge in [-0.1, -0.05) is 36.3 Å². The van der Waals surface area contributed by atoms with Gasteiger partial charge in [-0.3, -0.25) is 4.79 Å². The van der Waals surface area contributed by atoms with Gasteiger partial charge < -0.3 is 10.1 Å². The molecule has 0 fully saturated rings. The fraction of sp³-hybridized carbons (Fsp3) is 0.333. The van der Waals surface area contributed by atoms with Crippen LogP contribution in [0, 0.1) is 12.3 Å². The van der Waals surface area contributed by atoms with Gasteiger partial charge in [0, 0.05) is 6.92 Å². The maximum atomic E-state index is 11.9. The molecule has 0 aliphatic carbocycles. The molecule has 0 aromatic heterocycles. The summed E-state index contributed by atoms with van der Waals surface area (Å²) >= 11 is 0. The van der Waals surface area contributed by atoms with E-state index in [0.29, 0.717) is 0 Å². The predicted molar refractivity (Wildman–Crippen MR) is 72.3 cm³/mol. The van der Waals surface area contributed by atoms with Crippen molar-refractivity contribution >= 4 is 11.9 Å². The molecular weight excluding hydrogens is 242 g/mol. The van der Waals surface area contributed by atoms with Gasteiger partial charge in [-0.05, 0) is 12.5 Å². The summed E-state index contributed by atoms with van der Waals surface area (Å²) in [7, 11) is 0. The van der Waals surface area contributed by atoms with Crippen molar-refractivity contribution in [3.8, 4) is 12.3 Å². The maximum absolute atomic E-state index is 11.9. The van der Waals surface area contributed by atoms with Crippen LogP contribution in [-0.4, -0.2) is 24.5 Å². The quantitative estimate of drug-likeness (QED) is 0.643. The van der Waals surface area contributed by atoms with Crippen molar-refractivity contribution in [2.24, 2.45) is 0 Å². The summed E-state index contributed by atoms with van der Waals surface area (Å²) in [5, 5.41) is 2.56. The SMILES string of the molecule is C#C[C@H](c1ccccc1)[C@H](NC(C)=O)C(=O)OCC. The summed E-state index contributed by atoms with van der Waals surface area (Å²) < 4.78 is 4.96. The second-order valence-electron chi connectivity index (χ2n) is 3.99. The van der Waals surface area contributed by atoms with Crippen LogP contribution in [0.25, 0.3) is 0 Å². The number of ether oxygens (including phenoxy) is 1. The van der Waals surface area contributed by atoms with E-state index in [0.717, 1.165) is 5.56 Å². The largest absolute Gasteiger partial charge is 0.464 e. The van der Waals surface area contributed by atoms with Gasteiger partial charge in [0.15, 0.2) is 0 Å². The zero-order valence-electron chi connectivity index (χ0n) is 11.1. The van der Waals surface area contributed by atoms with Crippen LogP contribution in [0.5, 0.6) is 0 Å². The van der Waals surface area contributed by atoms with Crippen LogP contribution in [0.15, 0.2) is 30.3 Å². The molecule has 1 amide bonds. The minimum Gasteiger partial charge on any atom is -0.464 e. The van der Waals surface area contributed by atoms with Crippen LogP contribution in [0.1, 0.15) is 25.3 Å². The van der Waals surface area contributed by atoms with Crippen molar-refractivity contribution in [2.45, 2.75) is 25.8 Å². The van der Waals surface area contributed by atoms with Crippen LogP contribution < -0.4 is 5.32 Å². The Morgan fingerprint density at radius 2 is 2.00 bits per heavy atom. The van der Waals surface area contributed by atoms with Crippen molar-refractivity contribution in [3.63, 3.8) is 0 Å². The standard InChI is InChI=1S/C15H17NO3/c1-4-13(12-9-7-6-8-10-12)14(16-11(3)17)15(18)19-5-2/h1,6-10,13-14H,5H2,2-3H3,(H,16,17)/t13-,14+/m1/s1. The molecule has 1 aromatic carbocycles. The number of amides is 1. The summed E-state index contributed by atoms with van der Waals surface area (Å²) in [5.74, 6) is 1.15. The molecule has 4 nitrogen and oxygen atoms in total. The van der Waals surface area contributed by atoms with Gasteiger partial charge in [0.2, 0.25) is 5.91 Å². The van der Waals surface area contributed by atoms with Crippen LogP contribution in [0.4, 0.5) is 0 Å². The van der Waals surface area contributed by atoms with Gasteiger partial charge in [0.25, 0.3) is 0 Å². The molecule has 0 aliphatic heterocycles. The Morgan fingerprint density at radius 3 is 2.47 bits per heavy atom. The molecule has 0 aliphatic rings. The van der Waals surface area contributed by atoms with Crippen molar-refractivity contribution in [2.75, 3.05) is 6.61 Å². The van der Waals surface area contributed by atoms with Gasteiger partial charge in [-0.25, -0.2) is 4.79 Å². The van der Waals surface area contributed by atoms with E-state index in [1.54, 1.807) is 6.92 Å². The van der Waals surface area contributed by atoms with E-state index in [1.165, 1.54) is 6.92 Å². The van der Waals surface area contributed by atoms with Crippen molar-refractivity contribution in [3.05, 3.63) is 35.9 Å². The lowest BCUT2D eigenvalue weighted by Crippen LogP contribution is -2.44. The molecule has 0 saturated heterocycles. The zero-order chi connectivity index (χ0) is 14.3. The molecule has 2 atom stereocenters. The van der Waals surface area contributed by atoms with E-state index in [-0.39, 0.29) is 12.5 Å². The third-order valence-electron chi connectivity index (χ3n) is 2.57. The van der Waals surface area contributed by atoms with Crippen molar-refractivity contribution < 1.29 is 14.3 Å². The van der Waals surface area contributed by atoms with Gasteiger partial charge in [0.05, 0.1) is 12.5 Å². The van der Waals surface area contributed by atoms with E-state index in [9.17, 15) is 9.59 Å². The zero-order valence-corrected chi connectivity index (χ0v) is 11.1. The number of carbonyl (C=O) groups excluding carboxylic acids is 2. The minimum atomic E-state index is -0.871. The number of benzene rings is 1. The summed E-state index contributed by atoms with van der Waals surface area (Å²) in [6.45, 7) is 3.28. The van der Waals surface area contributed by atoms with Gasteiger partial charge in [0.1, 0.15) is 6.04 Å². The van der Waals surface area contributed by atoms with E-state index in [4.69, 9.17) is 11.2 Å². The van der Waals surface area contributed by atoms with Crippen LogP contribution in [0.2, 0.25) is 0 Å². The number of nitrogens with one attached hydrogen (secondary N) is 1. The Morgan fingerprint density at radius 1 is 1.37 bits per heavy atom. The van der Waals surface area contributed by atoms with Gasteiger partial charge in [-0.2, -0.15) is 0 Å². The monoisotopic (exact) mass is 259 g/mol. The first-order chi connectivity index (χ1) is 9.10. The lowest BCUT2D eigenvalue weighted by Gasteiger charge is -2.22. The number of terminal acetylenes is 1. The van der Waals surface area contributed by atoms with E-state index >= 15 is 0 Å². The average molecular weight is 259 g/mol. The number of hydrogen-bond donors (Lipinski definition) is 1. The summed E-state index contributed by atoms with van der Waals surface area (Å²) in [4.78, 5) is 23.1. The molecule has 1 rings (SSSR count). The summed E-state index contributed by atoms with van der Waals surface area (Å²) in [6.07, 6.45) is 5.51. The van der Waals surface area contributed by atoms with E-state index < -0.39 is 17.9 Å². The van der Waals surface area contributed by atoms with Crippen molar-refractivity contribution in [1.29, 1.82) is 0 Å². The Hall–Kier alpha value is -2.28. The topological polar surface area (TPSA) is 55.4 Å². The summed E-state index contributed by atoms with van der Waals surface area (Å²) in [6, 6.07) is 8.28. The lowest BCUT2D eigenvalue weighted by atomic mass is 9.92. The fourth-order valence-electron chi connectivity index (χ4n) is 1.77. The van der Waals surface area contributed by atoms with Crippen LogP contribution >= 0.6 is 0 Å². The van der Waals surface area contributed by atoms with Gasteiger partial charge >= 0.3 is 5.97 Å². The highest BCUT2D eigenvalue weighted by Gasteiger charge is 2.30. The fourth-order valence-corrected chi connectivity index (χ4v) is 1.77. The molecule has 0 bridgehead atoms. The van der Waals surface area contributed by atoms with Crippen molar-refractivity contribution in [1.82, 2.24) is 5.32 Å². The Bertz CT molecular complexity index is 476. The molecule has 0 spiro atoms. The molecule has 4 heteroatoms. The van der Waals surface area contributed by atoms with Crippen LogP contribution in [-0.2, 0) is 14.3 Å². The highest BCUT2D eigenvalue weighted by atomic mass is 16.5. The second-order valence-corrected chi connectivity index (χ2v) is 3.99. The predicted octanol–water partition coefficient (Wildman–Crippen LogP) is 1.47. The molecule has 0 heterocycles. The van der Waals surface area contributed by atoms with Crippen LogP contribution in [0.3, 0.4) is 0 Å². The number of esters is 1. The highest BCUT2D eigenvalue weighted by molar-refractivity contribution is 5.84.